The largest absolute Gasteiger partial charge is 0.336 e. The summed E-state index contributed by atoms with van der Waals surface area (Å²) in [4.78, 5) is 23.9. The number of carbonyl (C=O) groups excluding carboxylic acids is 1. The Kier molecular flexibility index (Phi) is 2.24. The summed E-state index contributed by atoms with van der Waals surface area (Å²) in [6.07, 6.45) is 1.72. The molecule has 0 fully saturated rings. The first kappa shape index (κ1) is 12.1. The maximum atomic E-state index is 12.0. The van der Waals surface area contributed by atoms with Crippen molar-refractivity contribution in [2.45, 2.75) is 12.3 Å². The van der Waals surface area contributed by atoms with Gasteiger partial charge in [-0.05, 0) is 19.1 Å². The standard InChI is InChI=1S/C14H9N5OS/c1-14(6-15)7-4-9-10(5-8(7)19-13(14)20)18-11(17-9)12-16-2-3-21-12/h2-5H,1H3,(H,17,18)(H,19,20). The summed E-state index contributed by atoms with van der Waals surface area (Å²) in [6, 6.07) is 5.69. The molecule has 1 aliphatic heterocycles. The molecular formula is C14H9N5OS. The van der Waals surface area contributed by atoms with E-state index in [0.29, 0.717) is 17.1 Å². The quantitative estimate of drug-likeness (QED) is 0.720. The SMILES string of the molecule is CC1(C#N)C(=O)Nc2cc3[nH]c(-c4nccs4)nc3cc21. The average molecular weight is 295 g/mol. The van der Waals surface area contributed by atoms with Crippen molar-refractivity contribution in [1.29, 1.82) is 5.26 Å². The van der Waals surface area contributed by atoms with E-state index in [1.807, 2.05) is 11.4 Å². The molecule has 0 bridgehead atoms. The minimum absolute atomic E-state index is 0.298. The van der Waals surface area contributed by atoms with Crippen LogP contribution < -0.4 is 5.32 Å². The van der Waals surface area contributed by atoms with E-state index in [-0.39, 0.29) is 5.91 Å². The molecule has 1 amide bonds. The third kappa shape index (κ3) is 1.53. The highest BCUT2D eigenvalue weighted by molar-refractivity contribution is 7.13. The van der Waals surface area contributed by atoms with Gasteiger partial charge in [0, 0.05) is 22.8 Å². The first-order valence-corrected chi connectivity index (χ1v) is 7.16. The van der Waals surface area contributed by atoms with Gasteiger partial charge < -0.3 is 10.3 Å². The molecule has 1 aliphatic rings. The van der Waals surface area contributed by atoms with E-state index in [2.05, 4.69) is 26.3 Å². The van der Waals surface area contributed by atoms with E-state index in [1.54, 1.807) is 19.2 Å². The van der Waals surface area contributed by atoms with Crippen molar-refractivity contribution in [2.75, 3.05) is 5.32 Å². The summed E-state index contributed by atoms with van der Waals surface area (Å²) in [5.74, 6) is 0.390. The van der Waals surface area contributed by atoms with Crippen molar-refractivity contribution >= 4 is 34.0 Å². The first-order valence-electron chi connectivity index (χ1n) is 6.28. The van der Waals surface area contributed by atoms with E-state index >= 15 is 0 Å². The molecule has 0 spiro atoms. The molecule has 0 aliphatic carbocycles. The van der Waals surface area contributed by atoms with E-state index < -0.39 is 5.41 Å². The van der Waals surface area contributed by atoms with Gasteiger partial charge in [0.05, 0.1) is 17.1 Å². The van der Waals surface area contributed by atoms with Crippen molar-refractivity contribution in [1.82, 2.24) is 15.0 Å². The van der Waals surface area contributed by atoms with Crippen LogP contribution in [0, 0.1) is 11.3 Å². The molecule has 6 nitrogen and oxygen atoms in total. The number of aromatic nitrogens is 3. The Hall–Kier alpha value is -2.72. The number of rotatable bonds is 1. The molecular weight excluding hydrogens is 286 g/mol. The van der Waals surface area contributed by atoms with Gasteiger partial charge in [0.1, 0.15) is 0 Å². The lowest BCUT2D eigenvalue weighted by Gasteiger charge is -2.10. The number of benzene rings is 1. The van der Waals surface area contributed by atoms with Gasteiger partial charge in [0.15, 0.2) is 16.2 Å². The van der Waals surface area contributed by atoms with Crippen LogP contribution in [0.3, 0.4) is 0 Å². The van der Waals surface area contributed by atoms with Gasteiger partial charge in [-0.2, -0.15) is 5.26 Å². The smallest absolute Gasteiger partial charge is 0.249 e. The number of fused-ring (bicyclic) bond motifs is 2. The molecule has 0 radical (unpaired) electrons. The van der Waals surface area contributed by atoms with Crippen molar-refractivity contribution < 1.29 is 4.79 Å². The summed E-state index contributed by atoms with van der Waals surface area (Å²) in [5, 5.41) is 14.8. The van der Waals surface area contributed by atoms with Gasteiger partial charge in [-0.15, -0.1) is 11.3 Å². The number of imidazole rings is 1. The number of anilines is 1. The molecule has 0 saturated heterocycles. The highest BCUT2D eigenvalue weighted by Crippen LogP contribution is 2.39. The zero-order chi connectivity index (χ0) is 14.6. The molecule has 7 heteroatoms. The lowest BCUT2D eigenvalue weighted by Crippen LogP contribution is -2.28. The predicted octanol–water partition coefficient (Wildman–Crippen LogP) is 2.42. The molecule has 1 unspecified atom stereocenters. The molecule has 1 aromatic carbocycles. The highest BCUT2D eigenvalue weighted by atomic mass is 32.1. The third-order valence-corrected chi connectivity index (χ3v) is 4.50. The van der Waals surface area contributed by atoms with Crippen LogP contribution in [0.15, 0.2) is 23.7 Å². The fourth-order valence-electron chi connectivity index (χ4n) is 2.50. The summed E-state index contributed by atoms with van der Waals surface area (Å²) in [7, 11) is 0. The number of nitrogens with one attached hydrogen (secondary N) is 2. The minimum Gasteiger partial charge on any atom is -0.336 e. The van der Waals surface area contributed by atoms with Gasteiger partial charge in [0.25, 0.3) is 0 Å². The summed E-state index contributed by atoms with van der Waals surface area (Å²) < 4.78 is 0. The number of carbonyl (C=O) groups is 1. The minimum atomic E-state index is -1.16. The van der Waals surface area contributed by atoms with E-state index in [0.717, 1.165) is 16.0 Å². The monoisotopic (exact) mass is 295 g/mol. The molecule has 2 N–H and O–H groups in total. The fraction of sp³-hybridized carbons (Fsp3) is 0.143. The Labute approximate surface area is 123 Å². The van der Waals surface area contributed by atoms with Gasteiger partial charge in [-0.25, -0.2) is 9.97 Å². The van der Waals surface area contributed by atoms with Gasteiger partial charge in [-0.3, -0.25) is 4.79 Å². The fourth-order valence-corrected chi connectivity index (χ4v) is 3.08. The van der Waals surface area contributed by atoms with Crippen LogP contribution in [0.25, 0.3) is 21.9 Å². The maximum Gasteiger partial charge on any atom is 0.249 e. The Morgan fingerprint density at radius 1 is 1.43 bits per heavy atom. The number of aromatic amines is 1. The number of amides is 1. The van der Waals surface area contributed by atoms with Crippen LogP contribution in [0.1, 0.15) is 12.5 Å². The maximum absolute atomic E-state index is 12.0. The normalized spacial score (nSPS) is 20.3. The number of thiazole rings is 1. The lowest BCUT2D eigenvalue weighted by molar-refractivity contribution is -0.118. The molecule has 3 heterocycles. The molecule has 3 aromatic rings. The predicted molar refractivity (Wildman–Crippen MR) is 78.8 cm³/mol. The highest BCUT2D eigenvalue weighted by Gasteiger charge is 2.43. The molecule has 102 valence electrons. The summed E-state index contributed by atoms with van der Waals surface area (Å²) >= 11 is 1.50. The molecule has 2 aromatic heterocycles. The topological polar surface area (TPSA) is 94.5 Å². The van der Waals surface area contributed by atoms with Crippen molar-refractivity contribution in [2.24, 2.45) is 0 Å². The van der Waals surface area contributed by atoms with Crippen LogP contribution >= 0.6 is 11.3 Å². The number of H-pyrrole nitrogens is 1. The second-order valence-corrected chi connectivity index (χ2v) is 5.92. The Morgan fingerprint density at radius 3 is 3.00 bits per heavy atom. The number of nitrogens with zero attached hydrogens (tertiary/aromatic N) is 3. The van der Waals surface area contributed by atoms with Crippen LogP contribution in [0.4, 0.5) is 5.69 Å². The number of nitriles is 1. The zero-order valence-electron chi connectivity index (χ0n) is 11.0. The van der Waals surface area contributed by atoms with Crippen LogP contribution in [0.5, 0.6) is 0 Å². The van der Waals surface area contributed by atoms with Crippen molar-refractivity contribution in [3.05, 3.63) is 29.3 Å². The second kappa shape index (κ2) is 3.90. The first-order chi connectivity index (χ1) is 10.1. The van der Waals surface area contributed by atoms with Gasteiger partial charge >= 0.3 is 0 Å². The van der Waals surface area contributed by atoms with Crippen LogP contribution in [-0.4, -0.2) is 20.9 Å². The van der Waals surface area contributed by atoms with Crippen LogP contribution in [0.2, 0.25) is 0 Å². The van der Waals surface area contributed by atoms with Gasteiger partial charge in [-0.1, -0.05) is 0 Å². The Bertz CT molecular complexity index is 921. The third-order valence-electron chi connectivity index (χ3n) is 3.72. The average Bonchev–Trinajstić information content (AvgIpc) is 3.17. The molecule has 0 saturated carbocycles. The molecule has 1 atom stereocenters. The summed E-state index contributed by atoms with van der Waals surface area (Å²) in [5.41, 5.74) is 1.69. The van der Waals surface area contributed by atoms with E-state index in [9.17, 15) is 10.1 Å². The van der Waals surface area contributed by atoms with E-state index in [4.69, 9.17) is 0 Å². The van der Waals surface area contributed by atoms with Crippen molar-refractivity contribution in [3.8, 4) is 16.9 Å². The lowest BCUT2D eigenvalue weighted by atomic mass is 9.85. The zero-order valence-corrected chi connectivity index (χ0v) is 11.8. The van der Waals surface area contributed by atoms with Crippen LogP contribution in [-0.2, 0) is 10.2 Å². The second-order valence-electron chi connectivity index (χ2n) is 5.03. The number of hydrogen-bond donors (Lipinski definition) is 2. The Morgan fingerprint density at radius 2 is 2.29 bits per heavy atom. The number of hydrogen-bond acceptors (Lipinski definition) is 5. The van der Waals surface area contributed by atoms with E-state index in [1.165, 1.54) is 11.3 Å². The summed E-state index contributed by atoms with van der Waals surface area (Å²) in [6.45, 7) is 1.62. The Balaban J connectivity index is 1.94. The van der Waals surface area contributed by atoms with Gasteiger partial charge in [0.2, 0.25) is 5.91 Å². The molecule has 21 heavy (non-hydrogen) atoms. The molecule has 4 rings (SSSR count). The van der Waals surface area contributed by atoms with Crippen molar-refractivity contribution in [3.63, 3.8) is 0 Å².